The number of nitrogens with two attached hydrogens (primary N) is 1. The fraction of sp³-hybridized carbons (Fsp3) is 0.133. The van der Waals surface area contributed by atoms with E-state index in [0.29, 0.717) is 4.31 Å². The molecule has 0 unspecified atom stereocenters. The van der Waals surface area contributed by atoms with Crippen LogP contribution < -0.4 is 24.2 Å². The van der Waals surface area contributed by atoms with Crippen LogP contribution in [0.25, 0.3) is 0 Å². The molecule has 2 amide bonds. The lowest BCUT2D eigenvalue weighted by atomic mass is 10.2. The average molecular weight is 377 g/mol. The summed E-state index contributed by atoms with van der Waals surface area (Å²) >= 11 is 0. The van der Waals surface area contributed by atoms with E-state index in [1.807, 2.05) is 0 Å². The quantitative estimate of drug-likeness (QED) is 0.732. The Morgan fingerprint density at radius 3 is 2.31 bits per heavy atom. The third-order valence-corrected chi connectivity index (χ3v) is 3.90. The first-order valence-electron chi connectivity index (χ1n) is 6.97. The topological polar surface area (TPSA) is 137 Å². The van der Waals surface area contributed by atoms with E-state index in [1.165, 1.54) is 38.5 Å². The van der Waals surface area contributed by atoms with Crippen molar-refractivity contribution >= 4 is 27.9 Å². The van der Waals surface area contributed by atoms with Gasteiger partial charge >= 0.3 is 16.2 Å². The van der Waals surface area contributed by atoms with Gasteiger partial charge in [-0.15, -0.1) is 6.42 Å². The monoisotopic (exact) mass is 377 g/mol. The summed E-state index contributed by atoms with van der Waals surface area (Å²) in [6.45, 7) is 0. The lowest BCUT2D eigenvalue weighted by Gasteiger charge is -2.21. The number of ether oxygens (including phenoxy) is 2. The molecule has 1 aromatic heterocycles. The van der Waals surface area contributed by atoms with E-state index in [2.05, 4.69) is 21.2 Å². The van der Waals surface area contributed by atoms with Crippen LogP contribution in [0.15, 0.2) is 30.3 Å². The van der Waals surface area contributed by atoms with Crippen LogP contribution in [0.3, 0.4) is 0 Å². The maximum Gasteiger partial charge on any atom is 0.343 e. The number of para-hydroxylation sites is 1. The fourth-order valence-electron chi connectivity index (χ4n) is 1.95. The van der Waals surface area contributed by atoms with Crippen molar-refractivity contribution in [2.24, 2.45) is 5.14 Å². The molecule has 0 atom stereocenters. The third-order valence-electron chi connectivity index (χ3n) is 3.03. The summed E-state index contributed by atoms with van der Waals surface area (Å²) < 4.78 is 34.2. The first kappa shape index (κ1) is 19.0. The summed E-state index contributed by atoms with van der Waals surface area (Å²) in [5, 5.41) is 7.41. The molecular weight excluding hydrogens is 362 g/mol. The molecule has 1 heterocycles. The van der Waals surface area contributed by atoms with Crippen LogP contribution >= 0.6 is 0 Å². The van der Waals surface area contributed by atoms with Crippen LogP contribution in [0.5, 0.6) is 11.8 Å². The number of amides is 2. The van der Waals surface area contributed by atoms with Crippen LogP contribution in [0.2, 0.25) is 0 Å². The lowest BCUT2D eigenvalue weighted by Crippen LogP contribution is -2.44. The van der Waals surface area contributed by atoms with E-state index in [1.54, 1.807) is 6.07 Å². The van der Waals surface area contributed by atoms with Crippen LogP contribution in [0, 0.1) is 12.3 Å². The maximum atomic E-state index is 12.6. The van der Waals surface area contributed by atoms with Gasteiger partial charge in [0.25, 0.3) is 0 Å². The summed E-state index contributed by atoms with van der Waals surface area (Å²) in [6.07, 6.45) is 5.36. The first-order chi connectivity index (χ1) is 12.3. The van der Waals surface area contributed by atoms with Crippen molar-refractivity contribution in [2.45, 2.75) is 0 Å². The summed E-state index contributed by atoms with van der Waals surface area (Å²) in [7, 11) is -1.78. The predicted octanol–water partition coefficient (Wildman–Crippen LogP) is 0.717. The highest BCUT2D eigenvalue weighted by atomic mass is 32.2. The van der Waals surface area contributed by atoms with E-state index in [-0.39, 0.29) is 29.0 Å². The zero-order valence-corrected chi connectivity index (χ0v) is 14.6. The number of hydrogen-bond acceptors (Lipinski definition) is 7. The molecule has 3 N–H and O–H groups in total. The molecule has 136 valence electrons. The minimum absolute atomic E-state index is 0.0927. The molecule has 0 fully saturated rings. The molecule has 0 saturated heterocycles. The average Bonchev–Trinajstić information content (AvgIpc) is 2.60. The zero-order chi connectivity index (χ0) is 19.3. The Balaban J connectivity index is 2.45. The molecule has 0 aliphatic heterocycles. The minimum Gasteiger partial charge on any atom is -0.481 e. The Morgan fingerprint density at radius 1 is 1.23 bits per heavy atom. The molecule has 0 aliphatic carbocycles. The molecule has 0 saturated carbocycles. The maximum absolute atomic E-state index is 12.6. The fourth-order valence-corrected chi connectivity index (χ4v) is 2.66. The molecule has 0 bridgehead atoms. The molecule has 0 radical (unpaired) electrons. The van der Waals surface area contributed by atoms with Crippen molar-refractivity contribution in [1.29, 1.82) is 0 Å². The van der Waals surface area contributed by atoms with E-state index >= 15 is 0 Å². The van der Waals surface area contributed by atoms with Crippen molar-refractivity contribution in [2.75, 3.05) is 23.8 Å². The lowest BCUT2D eigenvalue weighted by molar-refractivity contribution is 0.259. The van der Waals surface area contributed by atoms with Crippen LogP contribution in [-0.2, 0) is 10.2 Å². The van der Waals surface area contributed by atoms with Crippen molar-refractivity contribution in [3.8, 4) is 24.1 Å². The number of urea groups is 1. The second-order valence-electron chi connectivity index (χ2n) is 4.68. The van der Waals surface area contributed by atoms with Gasteiger partial charge in [-0.05, 0) is 12.1 Å². The molecule has 10 nitrogen and oxygen atoms in total. The van der Waals surface area contributed by atoms with Crippen molar-refractivity contribution in [1.82, 2.24) is 9.97 Å². The molecule has 26 heavy (non-hydrogen) atoms. The Hall–Kier alpha value is -3.36. The molecule has 2 aromatic rings. The van der Waals surface area contributed by atoms with E-state index in [0.717, 1.165) is 0 Å². The molecular formula is C15H15N5O5S. The number of carbonyl (C=O) groups excluding carboxylic acids is 1. The van der Waals surface area contributed by atoms with Gasteiger partial charge in [0.2, 0.25) is 17.7 Å². The summed E-state index contributed by atoms with van der Waals surface area (Å²) in [6, 6.07) is 6.14. The number of rotatable bonds is 5. The molecule has 11 heteroatoms. The van der Waals surface area contributed by atoms with Crippen molar-refractivity contribution in [3.63, 3.8) is 0 Å². The Kier molecular flexibility index (Phi) is 5.61. The van der Waals surface area contributed by atoms with Crippen LogP contribution in [0.4, 0.5) is 16.4 Å². The normalized spacial score (nSPS) is 10.5. The Bertz CT molecular complexity index is 948. The number of nitrogens with one attached hydrogen (secondary N) is 1. The smallest absolute Gasteiger partial charge is 0.343 e. The second kappa shape index (κ2) is 7.68. The number of benzene rings is 1. The number of methoxy groups -OCH3 is 2. The van der Waals surface area contributed by atoms with Gasteiger partial charge in [0.15, 0.2) is 0 Å². The van der Waals surface area contributed by atoms with Gasteiger partial charge in [-0.2, -0.15) is 22.7 Å². The van der Waals surface area contributed by atoms with Crippen molar-refractivity contribution < 1.29 is 22.7 Å². The predicted molar refractivity (Wildman–Crippen MR) is 94.1 cm³/mol. The van der Waals surface area contributed by atoms with E-state index < -0.39 is 16.2 Å². The number of carbonyl (C=O) groups is 1. The van der Waals surface area contributed by atoms with Gasteiger partial charge in [0.05, 0.1) is 26.0 Å². The Labute approximate surface area is 150 Å². The highest BCUT2D eigenvalue weighted by molar-refractivity contribution is 7.91. The molecule has 2 rings (SSSR count). The van der Waals surface area contributed by atoms with Gasteiger partial charge < -0.3 is 9.47 Å². The Morgan fingerprint density at radius 2 is 1.81 bits per heavy atom. The highest BCUT2D eigenvalue weighted by Crippen LogP contribution is 2.23. The largest absolute Gasteiger partial charge is 0.481 e. The van der Waals surface area contributed by atoms with Gasteiger partial charge in [-0.1, -0.05) is 18.1 Å². The summed E-state index contributed by atoms with van der Waals surface area (Å²) in [5.41, 5.74) is 0.0608. The molecule has 0 aliphatic rings. The van der Waals surface area contributed by atoms with Gasteiger partial charge in [-0.3, -0.25) is 5.32 Å². The number of anilines is 2. The number of hydrogen-bond donors (Lipinski definition) is 2. The summed E-state index contributed by atoms with van der Waals surface area (Å²) in [5.74, 6) is 2.23. The molecule has 0 spiro atoms. The van der Waals surface area contributed by atoms with E-state index in [4.69, 9.17) is 21.0 Å². The van der Waals surface area contributed by atoms with Gasteiger partial charge in [-0.25, -0.2) is 9.93 Å². The van der Waals surface area contributed by atoms with Gasteiger partial charge in [0.1, 0.15) is 0 Å². The second-order valence-corrected chi connectivity index (χ2v) is 6.07. The highest BCUT2D eigenvalue weighted by Gasteiger charge is 2.28. The SMILES string of the molecule is C#Cc1ccccc1N(C(=O)Nc1nc(OC)cc(OC)n1)S(N)(=O)=O. The van der Waals surface area contributed by atoms with Crippen LogP contribution in [0.1, 0.15) is 5.56 Å². The standard InChI is InChI=1S/C15H15N5O5S/c1-4-10-7-5-6-8-11(10)20(26(16,22)23)15(21)19-14-17-12(24-2)9-13(18-14)25-3/h1,5-9H,2-3H3,(H2,16,22,23)(H,17,18,19,21). The molecule has 1 aromatic carbocycles. The van der Waals surface area contributed by atoms with Gasteiger partial charge in [0, 0.05) is 5.56 Å². The summed E-state index contributed by atoms with van der Waals surface area (Å²) in [4.78, 5) is 20.3. The minimum atomic E-state index is -4.49. The number of terminal acetylenes is 1. The van der Waals surface area contributed by atoms with Crippen molar-refractivity contribution in [3.05, 3.63) is 35.9 Å². The third kappa shape index (κ3) is 4.18. The zero-order valence-electron chi connectivity index (χ0n) is 13.8. The first-order valence-corrected chi connectivity index (χ1v) is 8.47. The number of aromatic nitrogens is 2. The number of nitrogens with zero attached hydrogens (tertiary/aromatic N) is 3. The van der Waals surface area contributed by atoms with Crippen LogP contribution in [-0.4, -0.2) is 38.6 Å². The van der Waals surface area contributed by atoms with E-state index in [9.17, 15) is 13.2 Å².